The number of halogens is 1. The van der Waals surface area contributed by atoms with Crippen molar-refractivity contribution < 1.29 is 9.72 Å². The minimum atomic E-state index is -0.523. The lowest BCUT2D eigenvalue weighted by atomic mass is 10.2. The molecule has 0 bridgehead atoms. The SMILES string of the molecule is CCN(C)C(=O)C(C)NCc1ccc(Cl)c([N+](=O)[O-])c1. The Bertz CT molecular complexity index is 508. The average Bonchev–Trinajstić information content (AvgIpc) is 2.43. The van der Waals surface area contributed by atoms with Crippen LogP contribution in [0.1, 0.15) is 19.4 Å². The Balaban J connectivity index is 2.69. The summed E-state index contributed by atoms with van der Waals surface area (Å²) in [5.74, 6) is -0.0176. The van der Waals surface area contributed by atoms with Crippen molar-refractivity contribution in [3.8, 4) is 0 Å². The van der Waals surface area contributed by atoms with Gasteiger partial charge in [-0.05, 0) is 25.5 Å². The van der Waals surface area contributed by atoms with E-state index >= 15 is 0 Å². The first-order valence-corrected chi connectivity index (χ1v) is 6.65. The summed E-state index contributed by atoms with van der Waals surface area (Å²) < 4.78 is 0. The lowest BCUT2D eigenvalue weighted by Crippen LogP contribution is -2.42. The number of amides is 1. The Kier molecular flexibility index (Phi) is 5.91. The van der Waals surface area contributed by atoms with E-state index in [-0.39, 0.29) is 22.7 Å². The fourth-order valence-electron chi connectivity index (χ4n) is 1.65. The number of hydrogen-bond acceptors (Lipinski definition) is 4. The van der Waals surface area contributed by atoms with Crippen molar-refractivity contribution in [2.24, 2.45) is 0 Å². The number of hydrogen-bond donors (Lipinski definition) is 1. The second-order valence-corrected chi connectivity index (χ2v) is 4.91. The molecule has 1 aromatic rings. The summed E-state index contributed by atoms with van der Waals surface area (Å²) in [7, 11) is 1.73. The van der Waals surface area contributed by atoms with Crippen LogP contribution >= 0.6 is 11.6 Å². The highest BCUT2D eigenvalue weighted by Gasteiger charge is 2.17. The highest BCUT2D eigenvalue weighted by Crippen LogP contribution is 2.24. The van der Waals surface area contributed by atoms with Crippen molar-refractivity contribution in [1.82, 2.24) is 10.2 Å². The summed E-state index contributed by atoms with van der Waals surface area (Å²) in [6.07, 6.45) is 0. The summed E-state index contributed by atoms with van der Waals surface area (Å²) in [6, 6.07) is 4.25. The second kappa shape index (κ2) is 7.21. The van der Waals surface area contributed by atoms with Gasteiger partial charge in [0.1, 0.15) is 5.02 Å². The van der Waals surface area contributed by atoms with Gasteiger partial charge >= 0.3 is 0 Å². The molecule has 1 rings (SSSR count). The zero-order chi connectivity index (χ0) is 15.3. The Morgan fingerprint density at radius 2 is 2.20 bits per heavy atom. The number of benzene rings is 1. The number of nitrogens with zero attached hydrogens (tertiary/aromatic N) is 2. The smallest absolute Gasteiger partial charge is 0.288 e. The Morgan fingerprint density at radius 1 is 1.55 bits per heavy atom. The zero-order valence-electron chi connectivity index (χ0n) is 11.7. The molecule has 1 aromatic carbocycles. The van der Waals surface area contributed by atoms with Gasteiger partial charge in [-0.15, -0.1) is 0 Å². The van der Waals surface area contributed by atoms with Gasteiger partial charge in [-0.3, -0.25) is 14.9 Å². The van der Waals surface area contributed by atoms with E-state index in [1.807, 2.05) is 6.92 Å². The first-order valence-electron chi connectivity index (χ1n) is 6.28. The van der Waals surface area contributed by atoms with Crippen LogP contribution in [0.2, 0.25) is 5.02 Å². The molecule has 1 unspecified atom stereocenters. The second-order valence-electron chi connectivity index (χ2n) is 4.50. The number of likely N-dealkylation sites (N-methyl/N-ethyl adjacent to an activating group) is 1. The van der Waals surface area contributed by atoms with E-state index in [1.165, 1.54) is 12.1 Å². The van der Waals surface area contributed by atoms with E-state index in [0.717, 1.165) is 0 Å². The van der Waals surface area contributed by atoms with Crippen LogP contribution in [0.3, 0.4) is 0 Å². The monoisotopic (exact) mass is 299 g/mol. The van der Waals surface area contributed by atoms with Crippen molar-refractivity contribution >= 4 is 23.2 Å². The molecule has 0 aliphatic carbocycles. The predicted molar refractivity (Wildman–Crippen MR) is 77.7 cm³/mol. The van der Waals surface area contributed by atoms with Gasteiger partial charge in [0.05, 0.1) is 11.0 Å². The Morgan fingerprint density at radius 3 is 2.75 bits per heavy atom. The van der Waals surface area contributed by atoms with Gasteiger partial charge in [0, 0.05) is 26.2 Å². The summed E-state index contributed by atoms with van der Waals surface area (Å²) in [4.78, 5) is 23.7. The first-order chi connectivity index (χ1) is 9.36. The molecule has 0 spiro atoms. The molecule has 0 radical (unpaired) electrons. The maximum Gasteiger partial charge on any atom is 0.288 e. The number of rotatable bonds is 6. The highest BCUT2D eigenvalue weighted by molar-refractivity contribution is 6.32. The molecule has 0 saturated carbocycles. The fourth-order valence-corrected chi connectivity index (χ4v) is 1.84. The van der Waals surface area contributed by atoms with Crippen molar-refractivity contribution in [3.05, 3.63) is 38.9 Å². The van der Waals surface area contributed by atoms with Gasteiger partial charge < -0.3 is 10.2 Å². The van der Waals surface area contributed by atoms with Gasteiger partial charge in [-0.1, -0.05) is 17.7 Å². The van der Waals surface area contributed by atoms with Crippen LogP contribution in [0.4, 0.5) is 5.69 Å². The van der Waals surface area contributed by atoms with Crippen molar-refractivity contribution in [1.29, 1.82) is 0 Å². The van der Waals surface area contributed by atoms with Crippen LogP contribution in [-0.4, -0.2) is 35.4 Å². The molecule has 0 aliphatic heterocycles. The molecule has 0 aliphatic rings. The summed E-state index contributed by atoms with van der Waals surface area (Å²) in [5, 5.41) is 13.9. The quantitative estimate of drug-likeness (QED) is 0.645. The van der Waals surface area contributed by atoms with Crippen molar-refractivity contribution in [2.75, 3.05) is 13.6 Å². The van der Waals surface area contributed by atoms with Gasteiger partial charge in [0.2, 0.25) is 5.91 Å². The number of carbonyl (C=O) groups is 1. The van der Waals surface area contributed by atoms with Gasteiger partial charge in [0.15, 0.2) is 0 Å². The van der Waals surface area contributed by atoms with Crippen LogP contribution in [0.25, 0.3) is 0 Å². The molecule has 0 aromatic heterocycles. The first kappa shape index (κ1) is 16.4. The normalized spacial score (nSPS) is 12.0. The average molecular weight is 300 g/mol. The van der Waals surface area contributed by atoms with Crippen LogP contribution in [0.15, 0.2) is 18.2 Å². The Hall–Kier alpha value is -1.66. The number of nitrogens with one attached hydrogen (secondary N) is 1. The van der Waals surface area contributed by atoms with E-state index in [4.69, 9.17) is 11.6 Å². The van der Waals surface area contributed by atoms with E-state index in [9.17, 15) is 14.9 Å². The maximum absolute atomic E-state index is 11.9. The van der Waals surface area contributed by atoms with Crippen LogP contribution in [0, 0.1) is 10.1 Å². The van der Waals surface area contributed by atoms with E-state index in [1.54, 1.807) is 24.9 Å². The lowest BCUT2D eigenvalue weighted by molar-refractivity contribution is -0.384. The van der Waals surface area contributed by atoms with Crippen molar-refractivity contribution in [3.63, 3.8) is 0 Å². The van der Waals surface area contributed by atoms with Gasteiger partial charge in [-0.2, -0.15) is 0 Å². The molecule has 1 N–H and O–H groups in total. The van der Waals surface area contributed by atoms with Crippen molar-refractivity contribution in [2.45, 2.75) is 26.4 Å². The molecular weight excluding hydrogens is 282 g/mol. The summed E-state index contributed by atoms with van der Waals surface area (Å²) in [5.41, 5.74) is 0.579. The number of carbonyl (C=O) groups excluding carboxylic acids is 1. The minimum Gasteiger partial charge on any atom is -0.345 e. The minimum absolute atomic E-state index is 0.0176. The lowest BCUT2D eigenvalue weighted by Gasteiger charge is -2.20. The molecule has 1 atom stereocenters. The molecule has 1 amide bonds. The fraction of sp³-hybridized carbons (Fsp3) is 0.462. The summed E-state index contributed by atoms with van der Waals surface area (Å²) >= 11 is 5.74. The standard InChI is InChI=1S/C13H18ClN3O3/c1-4-16(3)13(18)9(2)15-8-10-5-6-11(14)12(7-10)17(19)20/h5-7,9,15H,4,8H2,1-3H3. The largest absolute Gasteiger partial charge is 0.345 e. The Labute approximate surface area is 122 Å². The van der Waals surface area contributed by atoms with Crippen LogP contribution < -0.4 is 5.32 Å². The molecular formula is C13H18ClN3O3. The van der Waals surface area contributed by atoms with Gasteiger partial charge in [0.25, 0.3) is 5.69 Å². The molecule has 0 saturated heterocycles. The molecule has 0 heterocycles. The predicted octanol–water partition coefficient (Wildman–Crippen LogP) is 2.20. The zero-order valence-corrected chi connectivity index (χ0v) is 12.5. The maximum atomic E-state index is 11.9. The van der Waals surface area contributed by atoms with Crippen LogP contribution in [-0.2, 0) is 11.3 Å². The molecule has 7 heteroatoms. The molecule has 20 heavy (non-hydrogen) atoms. The molecule has 110 valence electrons. The topological polar surface area (TPSA) is 75.5 Å². The molecule has 6 nitrogen and oxygen atoms in total. The van der Waals surface area contributed by atoms with Crippen LogP contribution in [0.5, 0.6) is 0 Å². The third-order valence-electron chi connectivity index (χ3n) is 3.04. The highest BCUT2D eigenvalue weighted by atomic mass is 35.5. The van der Waals surface area contributed by atoms with E-state index < -0.39 is 4.92 Å². The summed E-state index contributed by atoms with van der Waals surface area (Å²) in [6.45, 7) is 4.66. The van der Waals surface area contributed by atoms with E-state index in [2.05, 4.69) is 5.32 Å². The van der Waals surface area contributed by atoms with E-state index in [0.29, 0.717) is 18.7 Å². The number of nitro benzene ring substituents is 1. The third kappa shape index (κ3) is 4.18. The third-order valence-corrected chi connectivity index (χ3v) is 3.36. The van der Waals surface area contributed by atoms with Gasteiger partial charge in [-0.25, -0.2) is 0 Å². The number of nitro groups is 1. The molecule has 0 fully saturated rings.